The maximum atomic E-state index is 11.5. The summed E-state index contributed by atoms with van der Waals surface area (Å²) >= 11 is 0. The van der Waals surface area contributed by atoms with Crippen molar-refractivity contribution in [2.24, 2.45) is 0 Å². The molecule has 0 aliphatic carbocycles. The first-order chi connectivity index (χ1) is 10.9. The van der Waals surface area contributed by atoms with Crippen molar-refractivity contribution in [3.63, 3.8) is 0 Å². The SMILES string of the molecule is CCCCCCCC(=O)NCCNC(=O)[C@H](O)[C@H](O)[C@H](O)CO. The fourth-order valence-corrected chi connectivity index (χ4v) is 1.94. The Bertz CT molecular complexity index is 340. The van der Waals surface area contributed by atoms with Gasteiger partial charge in [-0.2, -0.15) is 0 Å². The monoisotopic (exact) mass is 334 g/mol. The molecule has 8 heteroatoms. The molecule has 0 aromatic rings. The van der Waals surface area contributed by atoms with Gasteiger partial charge in [-0.15, -0.1) is 0 Å². The molecular weight excluding hydrogens is 304 g/mol. The summed E-state index contributed by atoms with van der Waals surface area (Å²) in [5.41, 5.74) is 0. The van der Waals surface area contributed by atoms with E-state index in [1.807, 2.05) is 0 Å². The predicted octanol–water partition coefficient (Wildman–Crippen LogP) is -1.35. The van der Waals surface area contributed by atoms with Crippen LogP contribution in [-0.4, -0.2) is 70.2 Å². The zero-order valence-electron chi connectivity index (χ0n) is 13.7. The minimum atomic E-state index is -1.84. The van der Waals surface area contributed by atoms with Crippen molar-refractivity contribution in [3.05, 3.63) is 0 Å². The largest absolute Gasteiger partial charge is 0.394 e. The lowest BCUT2D eigenvalue weighted by Crippen LogP contribution is -2.49. The molecule has 0 fully saturated rings. The van der Waals surface area contributed by atoms with E-state index in [9.17, 15) is 19.8 Å². The van der Waals surface area contributed by atoms with Crippen molar-refractivity contribution in [2.45, 2.75) is 63.8 Å². The van der Waals surface area contributed by atoms with Gasteiger partial charge in [-0.3, -0.25) is 9.59 Å². The summed E-state index contributed by atoms with van der Waals surface area (Å²) in [7, 11) is 0. The number of carbonyl (C=O) groups excluding carboxylic acids is 2. The number of hydrogen-bond acceptors (Lipinski definition) is 6. The number of rotatable bonds is 13. The molecule has 3 atom stereocenters. The molecule has 0 radical (unpaired) electrons. The Labute approximate surface area is 136 Å². The van der Waals surface area contributed by atoms with E-state index in [2.05, 4.69) is 17.6 Å². The summed E-state index contributed by atoms with van der Waals surface area (Å²) in [6.07, 6.45) is 0.556. The van der Waals surface area contributed by atoms with E-state index >= 15 is 0 Å². The summed E-state index contributed by atoms with van der Waals surface area (Å²) in [6.45, 7) is 1.67. The summed E-state index contributed by atoms with van der Waals surface area (Å²) < 4.78 is 0. The van der Waals surface area contributed by atoms with Crippen molar-refractivity contribution < 1.29 is 30.0 Å². The Kier molecular flexibility index (Phi) is 12.5. The molecule has 0 saturated heterocycles. The number of hydrogen-bond donors (Lipinski definition) is 6. The van der Waals surface area contributed by atoms with Gasteiger partial charge in [0.15, 0.2) is 6.10 Å². The summed E-state index contributed by atoms with van der Waals surface area (Å²) in [5, 5.41) is 41.6. The first kappa shape index (κ1) is 21.8. The third-order valence-corrected chi connectivity index (χ3v) is 3.43. The minimum absolute atomic E-state index is 0.0907. The molecule has 6 N–H and O–H groups in total. The minimum Gasteiger partial charge on any atom is -0.394 e. The number of amides is 2. The summed E-state index contributed by atoms with van der Waals surface area (Å²) in [6, 6.07) is 0. The maximum Gasteiger partial charge on any atom is 0.251 e. The molecule has 2 amide bonds. The molecule has 0 heterocycles. The van der Waals surface area contributed by atoms with Crippen LogP contribution in [0.3, 0.4) is 0 Å². The van der Waals surface area contributed by atoms with Gasteiger partial charge in [0.2, 0.25) is 5.91 Å². The van der Waals surface area contributed by atoms with Gasteiger partial charge in [0.05, 0.1) is 6.61 Å². The number of nitrogens with one attached hydrogen (secondary N) is 2. The highest BCUT2D eigenvalue weighted by Gasteiger charge is 2.29. The van der Waals surface area contributed by atoms with Gasteiger partial charge in [-0.1, -0.05) is 32.6 Å². The molecule has 0 unspecified atom stereocenters. The highest BCUT2D eigenvalue weighted by molar-refractivity contribution is 5.81. The van der Waals surface area contributed by atoms with Crippen LogP contribution in [-0.2, 0) is 9.59 Å². The lowest BCUT2D eigenvalue weighted by atomic mass is 10.1. The van der Waals surface area contributed by atoms with Crippen molar-refractivity contribution in [2.75, 3.05) is 19.7 Å². The Hall–Kier alpha value is -1.22. The van der Waals surface area contributed by atoms with E-state index < -0.39 is 30.8 Å². The smallest absolute Gasteiger partial charge is 0.251 e. The van der Waals surface area contributed by atoms with Crippen LogP contribution in [0.4, 0.5) is 0 Å². The van der Waals surface area contributed by atoms with Crippen LogP contribution in [0, 0.1) is 0 Å². The first-order valence-electron chi connectivity index (χ1n) is 8.13. The molecule has 8 nitrogen and oxygen atoms in total. The molecular formula is C15H30N2O6. The van der Waals surface area contributed by atoms with Gasteiger partial charge in [0.25, 0.3) is 5.91 Å². The molecule has 136 valence electrons. The van der Waals surface area contributed by atoms with Crippen molar-refractivity contribution in [1.82, 2.24) is 10.6 Å². The van der Waals surface area contributed by atoms with E-state index in [1.165, 1.54) is 6.42 Å². The fraction of sp³-hybridized carbons (Fsp3) is 0.867. The Balaban J connectivity index is 3.73. The quantitative estimate of drug-likeness (QED) is 0.230. The maximum absolute atomic E-state index is 11.5. The van der Waals surface area contributed by atoms with Crippen LogP contribution in [0.5, 0.6) is 0 Å². The molecule has 0 aliphatic heterocycles. The highest BCUT2D eigenvalue weighted by atomic mass is 16.4. The van der Waals surface area contributed by atoms with Crippen LogP contribution >= 0.6 is 0 Å². The van der Waals surface area contributed by atoms with E-state index in [0.717, 1.165) is 25.7 Å². The van der Waals surface area contributed by atoms with E-state index in [0.29, 0.717) is 6.42 Å². The standard InChI is InChI=1S/C15H30N2O6/c1-2-3-4-5-6-7-12(20)16-8-9-17-15(23)14(22)13(21)11(19)10-18/h11,13-14,18-19,21-22H,2-10H2,1H3,(H,16,20)(H,17,23)/t11-,13-,14-/m1/s1. The number of aliphatic hydroxyl groups excluding tert-OH is 4. The zero-order chi connectivity index (χ0) is 17.7. The molecule has 0 aromatic carbocycles. The second-order valence-electron chi connectivity index (χ2n) is 5.49. The van der Waals surface area contributed by atoms with Crippen LogP contribution in [0.25, 0.3) is 0 Å². The van der Waals surface area contributed by atoms with Crippen molar-refractivity contribution in [1.29, 1.82) is 0 Å². The second kappa shape index (κ2) is 13.2. The number of unbranched alkanes of at least 4 members (excludes halogenated alkanes) is 4. The Morgan fingerprint density at radius 1 is 0.957 bits per heavy atom. The van der Waals surface area contributed by atoms with Gasteiger partial charge in [-0.25, -0.2) is 0 Å². The van der Waals surface area contributed by atoms with E-state index in [1.54, 1.807) is 0 Å². The van der Waals surface area contributed by atoms with Gasteiger partial charge in [-0.05, 0) is 6.42 Å². The van der Waals surface area contributed by atoms with Crippen LogP contribution in [0.15, 0.2) is 0 Å². The Morgan fingerprint density at radius 2 is 1.57 bits per heavy atom. The number of aliphatic hydroxyl groups is 4. The molecule has 0 aliphatic rings. The van der Waals surface area contributed by atoms with Crippen LogP contribution in [0.2, 0.25) is 0 Å². The van der Waals surface area contributed by atoms with Crippen molar-refractivity contribution in [3.8, 4) is 0 Å². The molecule has 23 heavy (non-hydrogen) atoms. The first-order valence-corrected chi connectivity index (χ1v) is 8.13. The molecule has 0 aromatic heterocycles. The third-order valence-electron chi connectivity index (χ3n) is 3.43. The molecule has 0 spiro atoms. The molecule has 0 saturated carbocycles. The zero-order valence-corrected chi connectivity index (χ0v) is 13.7. The van der Waals surface area contributed by atoms with E-state index in [4.69, 9.17) is 10.2 Å². The molecule has 0 rings (SSSR count). The summed E-state index contributed by atoms with van der Waals surface area (Å²) in [4.78, 5) is 23.0. The van der Waals surface area contributed by atoms with Crippen molar-refractivity contribution >= 4 is 11.8 Å². The lowest BCUT2D eigenvalue weighted by Gasteiger charge is -2.20. The number of carbonyl (C=O) groups is 2. The average molecular weight is 334 g/mol. The fourth-order valence-electron chi connectivity index (χ4n) is 1.94. The molecule has 0 bridgehead atoms. The normalized spacial score (nSPS) is 14.8. The Morgan fingerprint density at radius 3 is 2.17 bits per heavy atom. The third kappa shape index (κ3) is 10.2. The van der Waals surface area contributed by atoms with Crippen LogP contribution in [0.1, 0.15) is 45.4 Å². The average Bonchev–Trinajstić information content (AvgIpc) is 2.56. The second-order valence-corrected chi connectivity index (χ2v) is 5.49. The van der Waals surface area contributed by atoms with Gasteiger partial charge >= 0.3 is 0 Å². The van der Waals surface area contributed by atoms with Gasteiger partial charge < -0.3 is 31.1 Å². The summed E-state index contributed by atoms with van der Waals surface area (Å²) in [5.74, 6) is -0.967. The van der Waals surface area contributed by atoms with Crippen LogP contribution < -0.4 is 10.6 Å². The van der Waals surface area contributed by atoms with E-state index in [-0.39, 0.29) is 19.0 Å². The topological polar surface area (TPSA) is 139 Å². The lowest BCUT2D eigenvalue weighted by molar-refractivity contribution is -0.142. The van der Waals surface area contributed by atoms with Gasteiger partial charge in [0.1, 0.15) is 12.2 Å². The highest BCUT2D eigenvalue weighted by Crippen LogP contribution is 2.04. The van der Waals surface area contributed by atoms with Gasteiger partial charge in [0, 0.05) is 19.5 Å². The predicted molar refractivity (Wildman–Crippen MR) is 84.5 cm³/mol.